The molecule has 1 saturated carbocycles. The van der Waals surface area contributed by atoms with Crippen LogP contribution < -0.4 is 10.1 Å². The lowest BCUT2D eigenvalue weighted by atomic mass is 9.89. The first kappa shape index (κ1) is 15.4. The van der Waals surface area contributed by atoms with Gasteiger partial charge in [-0.05, 0) is 70.1 Å². The molecule has 1 aromatic carbocycles. The van der Waals surface area contributed by atoms with E-state index in [1.807, 2.05) is 0 Å². The van der Waals surface area contributed by atoms with Crippen molar-refractivity contribution in [3.05, 3.63) is 29.8 Å². The molecule has 112 valence electrons. The van der Waals surface area contributed by atoms with Crippen molar-refractivity contribution in [2.75, 3.05) is 0 Å². The smallest absolute Gasteiger partial charge is 0.119 e. The van der Waals surface area contributed by atoms with E-state index in [1.165, 1.54) is 31.2 Å². The second kappa shape index (κ2) is 6.62. The van der Waals surface area contributed by atoms with Gasteiger partial charge >= 0.3 is 0 Å². The predicted molar refractivity (Wildman–Crippen MR) is 85.1 cm³/mol. The molecule has 0 spiro atoms. The molecule has 0 aliphatic heterocycles. The van der Waals surface area contributed by atoms with Gasteiger partial charge in [0, 0.05) is 12.1 Å². The number of nitrogens with one attached hydrogen (secondary N) is 1. The van der Waals surface area contributed by atoms with Crippen LogP contribution >= 0.6 is 0 Å². The van der Waals surface area contributed by atoms with Crippen molar-refractivity contribution < 1.29 is 4.74 Å². The van der Waals surface area contributed by atoms with Gasteiger partial charge in [-0.3, -0.25) is 0 Å². The summed E-state index contributed by atoms with van der Waals surface area (Å²) in [5.74, 6) is 1.89. The minimum atomic E-state index is 0.161. The predicted octanol–water partition coefficient (Wildman–Crippen LogP) is 4.53. The van der Waals surface area contributed by atoms with Gasteiger partial charge in [-0.2, -0.15) is 0 Å². The molecule has 0 heterocycles. The fraction of sp³-hybridized carbons (Fsp3) is 0.667. The monoisotopic (exact) mass is 275 g/mol. The second-order valence-electron chi connectivity index (χ2n) is 7.25. The van der Waals surface area contributed by atoms with Crippen molar-refractivity contribution >= 4 is 0 Å². The summed E-state index contributed by atoms with van der Waals surface area (Å²) in [6, 6.07) is 8.55. The zero-order valence-electron chi connectivity index (χ0n) is 13.4. The molecule has 0 atom stereocenters. The van der Waals surface area contributed by atoms with Crippen LogP contribution in [-0.4, -0.2) is 11.6 Å². The van der Waals surface area contributed by atoms with E-state index in [2.05, 4.69) is 57.3 Å². The number of ether oxygens (including phenoxy) is 1. The Morgan fingerprint density at radius 3 is 2.20 bits per heavy atom. The van der Waals surface area contributed by atoms with Crippen LogP contribution in [0.2, 0.25) is 0 Å². The van der Waals surface area contributed by atoms with Gasteiger partial charge in [0.15, 0.2) is 0 Å². The van der Waals surface area contributed by atoms with Gasteiger partial charge in [-0.1, -0.05) is 19.1 Å². The third-order valence-corrected chi connectivity index (χ3v) is 4.01. The Morgan fingerprint density at radius 1 is 1.05 bits per heavy atom. The molecule has 20 heavy (non-hydrogen) atoms. The minimum absolute atomic E-state index is 0.161. The van der Waals surface area contributed by atoms with Crippen LogP contribution in [0.5, 0.6) is 5.75 Å². The van der Waals surface area contributed by atoms with Crippen LogP contribution in [0.1, 0.15) is 58.9 Å². The van der Waals surface area contributed by atoms with Gasteiger partial charge in [0.05, 0.1) is 6.10 Å². The van der Waals surface area contributed by atoms with E-state index in [-0.39, 0.29) is 5.54 Å². The van der Waals surface area contributed by atoms with Crippen molar-refractivity contribution in [3.8, 4) is 5.75 Å². The molecule has 1 N–H and O–H groups in total. The molecule has 2 nitrogen and oxygen atoms in total. The average Bonchev–Trinajstić information content (AvgIpc) is 2.40. The lowest BCUT2D eigenvalue weighted by molar-refractivity contribution is 0.135. The molecule has 0 unspecified atom stereocenters. The second-order valence-corrected chi connectivity index (χ2v) is 7.25. The summed E-state index contributed by atoms with van der Waals surface area (Å²) in [5.41, 5.74) is 1.47. The Bertz CT molecular complexity index is 396. The number of hydrogen-bond acceptors (Lipinski definition) is 2. The topological polar surface area (TPSA) is 21.3 Å². The van der Waals surface area contributed by atoms with Crippen LogP contribution in [-0.2, 0) is 6.54 Å². The van der Waals surface area contributed by atoms with Crippen LogP contribution in [0.4, 0.5) is 0 Å². The first-order valence-corrected chi connectivity index (χ1v) is 7.93. The van der Waals surface area contributed by atoms with Crippen molar-refractivity contribution in [1.29, 1.82) is 0 Å². The summed E-state index contributed by atoms with van der Waals surface area (Å²) in [5, 5.41) is 3.50. The Balaban J connectivity index is 1.82. The van der Waals surface area contributed by atoms with Gasteiger partial charge in [0.1, 0.15) is 5.75 Å². The Kier molecular flexibility index (Phi) is 5.09. The largest absolute Gasteiger partial charge is 0.490 e. The fourth-order valence-corrected chi connectivity index (χ4v) is 2.59. The lowest BCUT2D eigenvalue weighted by Gasteiger charge is -2.27. The Labute approximate surface area is 123 Å². The SMILES string of the molecule is CC1CCC(Oc2ccc(CNC(C)(C)C)cc2)CC1. The highest BCUT2D eigenvalue weighted by Gasteiger charge is 2.19. The molecule has 0 bridgehead atoms. The lowest BCUT2D eigenvalue weighted by Crippen LogP contribution is -2.35. The molecule has 0 radical (unpaired) electrons. The molecule has 1 aromatic rings. The van der Waals surface area contributed by atoms with E-state index in [1.54, 1.807) is 0 Å². The Morgan fingerprint density at radius 2 is 1.65 bits per heavy atom. The summed E-state index contributed by atoms with van der Waals surface area (Å²) in [4.78, 5) is 0. The van der Waals surface area contributed by atoms with Crippen molar-refractivity contribution in [3.63, 3.8) is 0 Å². The summed E-state index contributed by atoms with van der Waals surface area (Å²) >= 11 is 0. The first-order valence-electron chi connectivity index (χ1n) is 7.93. The number of hydrogen-bond donors (Lipinski definition) is 1. The molecule has 1 aliphatic rings. The highest BCUT2D eigenvalue weighted by molar-refractivity contribution is 5.27. The molecule has 1 aliphatic carbocycles. The van der Waals surface area contributed by atoms with E-state index in [0.717, 1.165) is 18.2 Å². The van der Waals surface area contributed by atoms with Crippen molar-refractivity contribution in [2.24, 2.45) is 5.92 Å². The molecule has 0 amide bonds. The fourth-order valence-electron chi connectivity index (χ4n) is 2.59. The maximum absolute atomic E-state index is 6.08. The summed E-state index contributed by atoms with van der Waals surface area (Å²) < 4.78 is 6.08. The number of rotatable bonds is 4. The van der Waals surface area contributed by atoms with E-state index in [9.17, 15) is 0 Å². The normalized spacial score (nSPS) is 23.6. The summed E-state index contributed by atoms with van der Waals surface area (Å²) in [7, 11) is 0. The van der Waals surface area contributed by atoms with Crippen LogP contribution in [0, 0.1) is 5.92 Å². The highest BCUT2D eigenvalue weighted by Crippen LogP contribution is 2.27. The minimum Gasteiger partial charge on any atom is -0.490 e. The van der Waals surface area contributed by atoms with Crippen LogP contribution in [0.25, 0.3) is 0 Å². The number of benzene rings is 1. The zero-order chi connectivity index (χ0) is 14.6. The zero-order valence-corrected chi connectivity index (χ0v) is 13.4. The molecule has 0 aromatic heterocycles. The first-order chi connectivity index (χ1) is 9.42. The van der Waals surface area contributed by atoms with Gasteiger partial charge in [-0.15, -0.1) is 0 Å². The maximum Gasteiger partial charge on any atom is 0.119 e. The molecule has 1 fully saturated rings. The third-order valence-electron chi connectivity index (χ3n) is 4.01. The van der Waals surface area contributed by atoms with Gasteiger partial charge in [0.2, 0.25) is 0 Å². The average molecular weight is 275 g/mol. The molecule has 2 heteroatoms. The van der Waals surface area contributed by atoms with E-state index in [0.29, 0.717) is 6.10 Å². The van der Waals surface area contributed by atoms with E-state index in [4.69, 9.17) is 4.74 Å². The quantitative estimate of drug-likeness (QED) is 0.871. The van der Waals surface area contributed by atoms with Crippen molar-refractivity contribution in [1.82, 2.24) is 5.32 Å². The van der Waals surface area contributed by atoms with E-state index >= 15 is 0 Å². The molecule has 2 rings (SSSR count). The van der Waals surface area contributed by atoms with Crippen LogP contribution in [0.15, 0.2) is 24.3 Å². The highest BCUT2D eigenvalue weighted by atomic mass is 16.5. The van der Waals surface area contributed by atoms with Crippen molar-refractivity contribution in [2.45, 2.75) is 71.6 Å². The molecular formula is C18H29NO. The Hall–Kier alpha value is -1.02. The van der Waals surface area contributed by atoms with Gasteiger partial charge < -0.3 is 10.1 Å². The van der Waals surface area contributed by atoms with E-state index < -0.39 is 0 Å². The third kappa shape index (κ3) is 5.16. The van der Waals surface area contributed by atoms with Gasteiger partial charge in [0.25, 0.3) is 0 Å². The standard InChI is InChI=1S/C18H29NO/c1-14-5-9-16(10-6-14)20-17-11-7-15(8-12-17)13-19-18(2,3)4/h7-8,11-12,14,16,19H,5-6,9-10,13H2,1-4H3. The molecule has 0 saturated heterocycles. The summed E-state index contributed by atoms with van der Waals surface area (Å²) in [6.07, 6.45) is 5.43. The van der Waals surface area contributed by atoms with Gasteiger partial charge in [-0.25, -0.2) is 0 Å². The summed E-state index contributed by atoms with van der Waals surface area (Å²) in [6.45, 7) is 9.82. The van der Waals surface area contributed by atoms with Crippen LogP contribution in [0.3, 0.4) is 0 Å². The molecular weight excluding hydrogens is 246 g/mol. The maximum atomic E-state index is 6.08.